The number of ether oxygens (including phenoxy) is 1. The number of hydrogen-bond donors (Lipinski definition) is 0. The number of hydrogen-bond acceptors (Lipinski definition) is 3. The fourth-order valence-electron chi connectivity index (χ4n) is 1.86. The molecule has 0 spiro atoms. The molecule has 1 heterocycles. The zero-order valence-corrected chi connectivity index (χ0v) is 10.5. The molecular formula is C14H16N2O2. The van der Waals surface area contributed by atoms with Crippen LogP contribution in [0.2, 0.25) is 0 Å². The first-order chi connectivity index (χ1) is 8.74. The Morgan fingerprint density at radius 2 is 2.06 bits per heavy atom. The number of esters is 1. The number of carbonyl (C=O) groups is 1. The molecule has 1 aromatic carbocycles. The predicted octanol–water partition coefficient (Wildman–Crippen LogP) is 2.67. The third-order valence-electron chi connectivity index (χ3n) is 2.80. The third kappa shape index (κ3) is 2.42. The first kappa shape index (κ1) is 12.4. The highest BCUT2D eigenvalue weighted by molar-refractivity contribution is 5.87. The predicted molar refractivity (Wildman–Crippen MR) is 68.4 cm³/mol. The van der Waals surface area contributed by atoms with Gasteiger partial charge in [0, 0.05) is 6.20 Å². The van der Waals surface area contributed by atoms with E-state index in [2.05, 4.69) is 5.10 Å². The molecule has 0 aliphatic rings. The summed E-state index contributed by atoms with van der Waals surface area (Å²) in [6.07, 6.45) is 1.62. The lowest BCUT2D eigenvalue weighted by Crippen LogP contribution is -2.17. The average Bonchev–Trinajstić information content (AvgIpc) is 2.88. The molecule has 0 saturated heterocycles. The van der Waals surface area contributed by atoms with E-state index >= 15 is 0 Å². The van der Waals surface area contributed by atoms with Crippen LogP contribution in [0.5, 0.6) is 0 Å². The second-order valence-corrected chi connectivity index (χ2v) is 3.97. The van der Waals surface area contributed by atoms with Gasteiger partial charge in [0.25, 0.3) is 0 Å². The minimum absolute atomic E-state index is 0.000561. The monoisotopic (exact) mass is 244 g/mol. The molecule has 0 amide bonds. The highest BCUT2D eigenvalue weighted by atomic mass is 16.5. The number of aromatic nitrogens is 2. The van der Waals surface area contributed by atoms with E-state index in [4.69, 9.17) is 4.74 Å². The van der Waals surface area contributed by atoms with Crippen molar-refractivity contribution < 1.29 is 9.53 Å². The highest BCUT2D eigenvalue weighted by Gasteiger charge is 2.17. The van der Waals surface area contributed by atoms with Gasteiger partial charge in [-0.3, -0.25) is 4.68 Å². The Morgan fingerprint density at radius 3 is 2.72 bits per heavy atom. The van der Waals surface area contributed by atoms with E-state index in [-0.39, 0.29) is 12.0 Å². The van der Waals surface area contributed by atoms with E-state index in [1.165, 1.54) is 0 Å². The van der Waals surface area contributed by atoms with E-state index in [1.54, 1.807) is 23.9 Å². The lowest BCUT2D eigenvalue weighted by molar-refractivity contribution is 0.0510. The number of benzene rings is 1. The molecule has 2 aromatic rings. The Labute approximate surface area is 106 Å². The Morgan fingerprint density at radius 1 is 1.33 bits per heavy atom. The van der Waals surface area contributed by atoms with Gasteiger partial charge in [0.1, 0.15) is 5.69 Å². The first-order valence-corrected chi connectivity index (χ1v) is 5.99. The Kier molecular flexibility index (Phi) is 3.77. The molecule has 1 atom stereocenters. The van der Waals surface area contributed by atoms with Crippen LogP contribution in [0, 0.1) is 0 Å². The van der Waals surface area contributed by atoms with Crippen molar-refractivity contribution in [3.8, 4) is 0 Å². The largest absolute Gasteiger partial charge is 0.461 e. The van der Waals surface area contributed by atoms with Gasteiger partial charge < -0.3 is 4.74 Å². The maximum absolute atomic E-state index is 11.8. The summed E-state index contributed by atoms with van der Waals surface area (Å²) in [4.78, 5) is 11.8. The van der Waals surface area contributed by atoms with Crippen molar-refractivity contribution in [2.45, 2.75) is 19.9 Å². The number of rotatable bonds is 4. The van der Waals surface area contributed by atoms with Crippen LogP contribution in [0.1, 0.15) is 35.9 Å². The fourth-order valence-corrected chi connectivity index (χ4v) is 1.86. The maximum atomic E-state index is 11.8. The van der Waals surface area contributed by atoms with Crippen LogP contribution in [0.4, 0.5) is 0 Å². The molecule has 0 fully saturated rings. The lowest BCUT2D eigenvalue weighted by Gasteiger charge is -2.15. The van der Waals surface area contributed by atoms with Gasteiger partial charge in [-0.25, -0.2) is 4.79 Å². The summed E-state index contributed by atoms with van der Waals surface area (Å²) in [7, 11) is 0. The topological polar surface area (TPSA) is 44.1 Å². The SMILES string of the molecule is CCOC(=O)c1ccnn1[C@H](C)c1ccccc1. The van der Waals surface area contributed by atoms with Gasteiger partial charge in [0.05, 0.1) is 12.6 Å². The van der Waals surface area contributed by atoms with Gasteiger partial charge in [0.15, 0.2) is 0 Å². The summed E-state index contributed by atoms with van der Waals surface area (Å²) in [5, 5.41) is 4.21. The quantitative estimate of drug-likeness (QED) is 0.777. The molecule has 1 aromatic heterocycles. The zero-order chi connectivity index (χ0) is 13.0. The van der Waals surface area contributed by atoms with E-state index in [0.717, 1.165) is 5.56 Å². The van der Waals surface area contributed by atoms with E-state index in [1.807, 2.05) is 37.3 Å². The standard InChI is InChI=1S/C14H16N2O2/c1-3-18-14(17)13-9-10-15-16(13)11(2)12-7-5-4-6-8-12/h4-11H,3H2,1-2H3/t11-/m1/s1. The number of nitrogens with zero attached hydrogens (tertiary/aromatic N) is 2. The van der Waals surface area contributed by atoms with Crippen LogP contribution in [-0.2, 0) is 4.74 Å². The van der Waals surface area contributed by atoms with E-state index < -0.39 is 0 Å². The van der Waals surface area contributed by atoms with Gasteiger partial charge in [0.2, 0.25) is 0 Å². The lowest BCUT2D eigenvalue weighted by atomic mass is 10.1. The molecule has 0 saturated carbocycles. The molecule has 4 nitrogen and oxygen atoms in total. The summed E-state index contributed by atoms with van der Waals surface area (Å²) in [5.41, 5.74) is 1.58. The summed E-state index contributed by atoms with van der Waals surface area (Å²) in [5.74, 6) is -0.335. The van der Waals surface area contributed by atoms with Crippen LogP contribution in [0.3, 0.4) is 0 Å². The van der Waals surface area contributed by atoms with Crippen molar-refractivity contribution in [1.29, 1.82) is 0 Å². The van der Waals surface area contributed by atoms with Gasteiger partial charge in [-0.1, -0.05) is 30.3 Å². The van der Waals surface area contributed by atoms with Gasteiger partial charge in [-0.15, -0.1) is 0 Å². The maximum Gasteiger partial charge on any atom is 0.356 e. The molecular weight excluding hydrogens is 228 g/mol. The molecule has 0 unspecified atom stereocenters. The Balaban J connectivity index is 2.29. The van der Waals surface area contributed by atoms with Crippen molar-refractivity contribution in [3.63, 3.8) is 0 Å². The summed E-state index contributed by atoms with van der Waals surface area (Å²) < 4.78 is 6.70. The van der Waals surface area contributed by atoms with E-state index in [9.17, 15) is 4.79 Å². The van der Waals surface area contributed by atoms with Gasteiger partial charge in [-0.05, 0) is 25.5 Å². The van der Waals surface area contributed by atoms with Crippen LogP contribution in [-0.4, -0.2) is 22.4 Å². The molecule has 4 heteroatoms. The average molecular weight is 244 g/mol. The first-order valence-electron chi connectivity index (χ1n) is 5.99. The van der Waals surface area contributed by atoms with Crippen molar-refractivity contribution in [2.75, 3.05) is 6.61 Å². The van der Waals surface area contributed by atoms with Crippen molar-refractivity contribution >= 4 is 5.97 Å². The molecule has 0 N–H and O–H groups in total. The van der Waals surface area contributed by atoms with Crippen LogP contribution < -0.4 is 0 Å². The molecule has 0 bridgehead atoms. The van der Waals surface area contributed by atoms with Crippen LogP contribution >= 0.6 is 0 Å². The van der Waals surface area contributed by atoms with Crippen LogP contribution in [0.15, 0.2) is 42.6 Å². The normalized spacial score (nSPS) is 12.1. The van der Waals surface area contributed by atoms with Crippen molar-refractivity contribution in [2.24, 2.45) is 0 Å². The van der Waals surface area contributed by atoms with Crippen molar-refractivity contribution in [1.82, 2.24) is 9.78 Å². The molecule has 18 heavy (non-hydrogen) atoms. The van der Waals surface area contributed by atoms with Crippen molar-refractivity contribution in [3.05, 3.63) is 53.9 Å². The Hall–Kier alpha value is -2.10. The smallest absolute Gasteiger partial charge is 0.356 e. The van der Waals surface area contributed by atoms with Gasteiger partial charge >= 0.3 is 5.97 Å². The highest BCUT2D eigenvalue weighted by Crippen LogP contribution is 2.18. The molecule has 0 aliphatic heterocycles. The molecule has 0 aliphatic carbocycles. The summed E-state index contributed by atoms with van der Waals surface area (Å²) >= 11 is 0. The number of carbonyl (C=O) groups excluding carboxylic acids is 1. The Bertz CT molecular complexity index is 520. The molecule has 94 valence electrons. The second kappa shape index (κ2) is 5.49. The minimum atomic E-state index is -0.335. The van der Waals surface area contributed by atoms with Crippen LogP contribution in [0.25, 0.3) is 0 Å². The zero-order valence-electron chi connectivity index (χ0n) is 10.5. The van der Waals surface area contributed by atoms with Gasteiger partial charge in [-0.2, -0.15) is 5.10 Å². The second-order valence-electron chi connectivity index (χ2n) is 3.97. The summed E-state index contributed by atoms with van der Waals surface area (Å²) in [6, 6.07) is 11.6. The minimum Gasteiger partial charge on any atom is -0.461 e. The fraction of sp³-hybridized carbons (Fsp3) is 0.286. The summed E-state index contributed by atoms with van der Waals surface area (Å²) in [6.45, 7) is 4.16. The molecule has 0 radical (unpaired) electrons. The molecule has 2 rings (SSSR count). The third-order valence-corrected chi connectivity index (χ3v) is 2.80. The van der Waals surface area contributed by atoms with E-state index in [0.29, 0.717) is 12.3 Å².